The third-order valence-corrected chi connectivity index (χ3v) is 6.73. The third kappa shape index (κ3) is 5.36. The van der Waals surface area contributed by atoms with Gasteiger partial charge in [-0.2, -0.15) is 0 Å². The highest BCUT2D eigenvalue weighted by atomic mass is 35.5. The van der Waals surface area contributed by atoms with E-state index in [1.165, 1.54) is 30.9 Å². The molecule has 0 fully saturated rings. The van der Waals surface area contributed by atoms with Crippen LogP contribution in [-0.2, 0) is 4.79 Å². The molecule has 0 aliphatic rings. The summed E-state index contributed by atoms with van der Waals surface area (Å²) in [5.41, 5.74) is 1.00. The van der Waals surface area contributed by atoms with E-state index in [1.807, 2.05) is 0 Å². The van der Waals surface area contributed by atoms with Gasteiger partial charge < -0.3 is 14.8 Å². The largest absolute Gasteiger partial charge is 0.493 e. The van der Waals surface area contributed by atoms with E-state index in [9.17, 15) is 9.59 Å². The SMILES string of the molecule is COc1ccc(-n2c(SCC(=O)Nc3c(Cl)cc(Cl)cc3Cl)nc3ccccc3c2=O)cc1OC. The van der Waals surface area contributed by atoms with Gasteiger partial charge in [0.2, 0.25) is 5.91 Å². The molecule has 1 heterocycles. The molecule has 1 amide bonds. The molecule has 0 unspecified atom stereocenters. The Hall–Kier alpha value is -2.91. The highest BCUT2D eigenvalue weighted by Gasteiger charge is 2.18. The molecular formula is C24H18Cl3N3O4S. The third-order valence-electron chi connectivity index (χ3n) is 4.97. The van der Waals surface area contributed by atoms with Crippen LogP contribution in [0.15, 0.2) is 64.5 Å². The van der Waals surface area contributed by atoms with Gasteiger partial charge in [-0.25, -0.2) is 4.98 Å². The molecule has 0 aliphatic carbocycles. The molecule has 0 aliphatic heterocycles. The van der Waals surface area contributed by atoms with Crippen LogP contribution in [-0.4, -0.2) is 35.4 Å². The van der Waals surface area contributed by atoms with Crippen LogP contribution in [0, 0.1) is 0 Å². The van der Waals surface area contributed by atoms with Gasteiger partial charge in [0.1, 0.15) is 0 Å². The van der Waals surface area contributed by atoms with Crippen LogP contribution in [0.4, 0.5) is 5.69 Å². The molecule has 1 N–H and O–H groups in total. The van der Waals surface area contributed by atoms with Crippen molar-refractivity contribution in [3.05, 3.63) is 80.0 Å². The van der Waals surface area contributed by atoms with E-state index in [-0.39, 0.29) is 33.0 Å². The number of para-hydroxylation sites is 1. The molecule has 4 aromatic rings. The van der Waals surface area contributed by atoms with Crippen LogP contribution in [0.25, 0.3) is 16.6 Å². The predicted octanol–water partition coefficient (Wildman–Crippen LogP) is 6.09. The van der Waals surface area contributed by atoms with Crippen molar-refractivity contribution in [2.24, 2.45) is 0 Å². The number of methoxy groups -OCH3 is 2. The summed E-state index contributed by atoms with van der Waals surface area (Å²) in [6, 6.07) is 15.1. The fraction of sp³-hybridized carbons (Fsp3) is 0.125. The number of aromatic nitrogens is 2. The quantitative estimate of drug-likeness (QED) is 0.221. The van der Waals surface area contributed by atoms with Gasteiger partial charge in [-0.1, -0.05) is 58.7 Å². The van der Waals surface area contributed by atoms with Crippen molar-refractivity contribution in [1.29, 1.82) is 0 Å². The van der Waals surface area contributed by atoms with Gasteiger partial charge in [0.15, 0.2) is 16.7 Å². The van der Waals surface area contributed by atoms with Crippen LogP contribution in [0.2, 0.25) is 15.1 Å². The number of nitrogens with zero attached hydrogens (tertiary/aromatic N) is 2. The molecule has 35 heavy (non-hydrogen) atoms. The highest BCUT2D eigenvalue weighted by Crippen LogP contribution is 2.34. The highest BCUT2D eigenvalue weighted by molar-refractivity contribution is 7.99. The number of ether oxygens (including phenoxy) is 2. The second-order valence-corrected chi connectivity index (χ2v) is 9.37. The zero-order valence-corrected chi connectivity index (χ0v) is 21.6. The number of nitrogens with one attached hydrogen (secondary N) is 1. The van der Waals surface area contributed by atoms with Gasteiger partial charge >= 0.3 is 0 Å². The number of hydrogen-bond donors (Lipinski definition) is 1. The summed E-state index contributed by atoms with van der Waals surface area (Å²) in [7, 11) is 3.04. The number of hydrogen-bond acceptors (Lipinski definition) is 6. The molecular weight excluding hydrogens is 533 g/mol. The number of benzene rings is 3. The molecule has 0 saturated heterocycles. The molecule has 3 aromatic carbocycles. The lowest BCUT2D eigenvalue weighted by Crippen LogP contribution is -2.23. The number of thioether (sulfide) groups is 1. The van der Waals surface area contributed by atoms with Crippen molar-refractivity contribution in [1.82, 2.24) is 9.55 Å². The molecule has 0 radical (unpaired) electrons. The molecule has 4 rings (SSSR count). The molecule has 11 heteroatoms. The van der Waals surface area contributed by atoms with Crippen molar-refractivity contribution in [2.45, 2.75) is 5.16 Å². The van der Waals surface area contributed by atoms with Crippen LogP contribution in [0.1, 0.15) is 0 Å². The standard InChI is InChI=1S/C24H18Cl3N3O4S/c1-33-19-8-7-14(11-20(19)34-2)30-23(32)15-5-3-4-6-18(15)28-24(30)35-12-21(31)29-22-16(26)9-13(25)10-17(22)27/h3-11H,12H2,1-2H3,(H,29,31). The number of carbonyl (C=O) groups is 1. The lowest BCUT2D eigenvalue weighted by atomic mass is 10.2. The lowest BCUT2D eigenvalue weighted by molar-refractivity contribution is -0.113. The van der Waals surface area contributed by atoms with Crippen molar-refractivity contribution in [2.75, 3.05) is 25.3 Å². The summed E-state index contributed by atoms with van der Waals surface area (Å²) < 4.78 is 12.1. The number of fused-ring (bicyclic) bond motifs is 1. The van der Waals surface area contributed by atoms with Gasteiger partial charge in [-0.05, 0) is 36.4 Å². The van der Waals surface area contributed by atoms with E-state index < -0.39 is 0 Å². The topological polar surface area (TPSA) is 82.5 Å². The maximum Gasteiger partial charge on any atom is 0.266 e. The molecule has 7 nitrogen and oxygen atoms in total. The summed E-state index contributed by atoms with van der Waals surface area (Å²) in [5, 5.41) is 4.23. The Morgan fingerprint density at radius 1 is 1.00 bits per heavy atom. The Kier molecular flexibility index (Phi) is 7.76. The molecule has 0 saturated carbocycles. The minimum absolute atomic E-state index is 0.0621. The Bertz CT molecular complexity index is 1470. The van der Waals surface area contributed by atoms with Crippen LogP contribution >= 0.6 is 46.6 Å². The Labute approximate surface area is 219 Å². The average Bonchev–Trinajstić information content (AvgIpc) is 2.84. The summed E-state index contributed by atoms with van der Waals surface area (Å²) >= 11 is 19.4. The zero-order chi connectivity index (χ0) is 25.1. The Morgan fingerprint density at radius 3 is 2.37 bits per heavy atom. The van der Waals surface area contributed by atoms with Gasteiger partial charge in [0.05, 0.1) is 52.3 Å². The van der Waals surface area contributed by atoms with Crippen molar-refractivity contribution < 1.29 is 14.3 Å². The Morgan fingerprint density at radius 2 is 1.69 bits per heavy atom. The second kappa shape index (κ2) is 10.8. The molecule has 1 aromatic heterocycles. The number of halogens is 3. The van der Waals surface area contributed by atoms with Crippen molar-refractivity contribution in [3.8, 4) is 17.2 Å². The maximum atomic E-state index is 13.5. The normalized spacial score (nSPS) is 10.9. The first-order chi connectivity index (χ1) is 16.8. The van der Waals surface area contributed by atoms with Crippen LogP contribution < -0.4 is 20.3 Å². The summed E-state index contributed by atoms with van der Waals surface area (Å²) in [6.07, 6.45) is 0. The fourth-order valence-electron chi connectivity index (χ4n) is 3.37. The van der Waals surface area contributed by atoms with Gasteiger partial charge in [0, 0.05) is 11.1 Å². The average molecular weight is 551 g/mol. The first kappa shape index (κ1) is 25.2. The summed E-state index contributed by atoms with van der Waals surface area (Å²) in [4.78, 5) is 30.8. The first-order valence-electron chi connectivity index (χ1n) is 10.1. The van der Waals surface area contributed by atoms with E-state index in [1.54, 1.807) is 42.5 Å². The minimum Gasteiger partial charge on any atom is -0.493 e. The summed E-state index contributed by atoms with van der Waals surface area (Å²) in [6.45, 7) is 0. The Balaban J connectivity index is 1.71. The number of amides is 1. The van der Waals surface area contributed by atoms with Crippen LogP contribution in [0.3, 0.4) is 0 Å². The second-order valence-electron chi connectivity index (χ2n) is 7.17. The fourth-order valence-corrected chi connectivity index (χ4v) is 5.09. The van der Waals surface area contributed by atoms with Crippen molar-refractivity contribution >= 4 is 69.1 Å². The van der Waals surface area contributed by atoms with E-state index in [2.05, 4.69) is 10.3 Å². The first-order valence-corrected chi connectivity index (χ1v) is 12.3. The predicted molar refractivity (Wildman–Crippen MR) is 141 cm³/mol. The molecule has 180 valence electrons. The maximum absolute atomic E-state index is 13.5. The molecule has 0 bridgehead atoms. The van der Waals surface area contributed by atoms with E-state index in [0.29, 0.717) is 38.3 Å². The minimum atomic E-state index is -0.387. The van der Waals surface area contributed by atoms with E-state index in [4.69, 9.17) is 44.3 Å². The smallest absolute Gasteiger partial charge is 0.266 e. The zero-order valence-electron chi connectivity index (χ0n) is 18.5. The van der Waals surface area contributed by atoms with Gasteiger partial charge in [-0.15, -0.1) is 0 Å². The number of carbonyl (C=O) groups excluding carboxylic acids is 1. The van der Waals surface area contributed by atoms with Crippen molar-refractivity contribution in [3.63, 3.8) is 0 Å². The number of anilines is 1. The van der Waals surface area contributed by atoms with E-state index >= 15 is 0 Å². The van der Waals surface area contributed by atoms with Gasteiger partial charge in [-0.3, -0.25) is 14.2 Å². The van der Waals surface area contributed by atoms with Crippen LogP contribution in [0.5, 0.6) is 11.5 Å². The number of rotatable bonds is 7. The lowest BCUT2D eigenvalue weighted by Gasteiger charge is -2.15. The summed E-state index contributed by atoms with van der Waals surface area (Å²) in [5.74, 6) is 0.518. The van der Waals surface area contributed by atoms with E-state index in [0.717, 1.165) is 11.8 Å². The molecule has 0 atom stereocenters. The molecule has 0 spiro atoms. The van der Waals surface area contributed by atoms with Gasteiger partial charge in [0.25, 0.3) is 5.56 Å². The monoisotopic (exact) mass is 549 g/mol.